The second-order valence-corrected chi connectivity index (χ2v) is 5.76. The quantitative estimate of drug-likeness (QED) is 0.471. The minimum Gasteiger partial charge on any atom is -0.477 e. The van der Waals surface area contributed by atoms with Crippen LogP contribution in [0.3, 0.4) is 0 Å². The van der Waals surface area contributed by atoms with Gasteiger partial charge in [0.15, 0.2) is 5.60 Å². The Bertz CT molecular complexity index is 817. The normalized spacial score (nSPS) is 19.1. The van der Waals surface area contributed by atoms with Crippen LogP contribution < -0.4 is 4.74 Å². The molecule has 0 saturated carbocycles. The molecular formula is C18H18N2O5. The third-order valence-corrected chi connectivity index (χ3v) is 4.18. The third-order valence-electron chi connectivity index (χ3n) is 4.18. The predicted molar refractivity (Wildman–Crippen MR) is 92.0 cm³/mol. The molecule has 1 unspecified atom stereocenters. The fourth-order valence-electron chi connectivity index (χ4n) is 3.01. The smallest absolute Gasteiger partial charge is 0.270 e. The van der Waals surface area contributed by atoms with E-state index >= 15 is 0 Å². The number of benzene rings is 1. The van der Waals surface area contributed by atoms with Crippen molar-refractivity contribution in [2.45, 2.75) is 18.8 Å². The van der Waals surface area contributed by atoms with E-state index in [0.717, 1.165) is 5.57 Å². The zero-order valence-electron chi connectivity index (χ0n) is 14.1. The van der Waals surface area contributed by atoms with Crippen LogP contribution in [0.2, 0.25) is 0 Å². The van der Waals surface area contributed by atoms with E-state index in [1.807, 2.05) is 31.2 Å². The lowest BCUT2D eigenvalue weighted by Crippen LogP contribution is -2.49. The highest BCUT2D eigenvalue weighted by molar-refractivity contribution is 5.89. The number of non-ortho nitro benzene ring substituents is 1. The van der Waals surface area contributed by atoms with Gasteiger partial charge in [0.1, 0.15) is 5.75 Å². The maximum Gasteiger partial charge on any atom is 0.270 e. The Morgan fingerprint density at radius 3 is 2.60 bits per heavy atom. The van der Waals surface area contributed by atoms with Gasteiger partial charge < -0.3 is 14.2 Å². The molecule has 7 heteroatoms. The van der Waals surface area contributed by atoms with Crippen molar-refractivity contribution < 1.29 is 19.1 Å². The van der Waals surface area contributed by atoms with Gasteiger partial charge in [0.2, 0.25) is 6.29 Å². The van der Waals surface area contributed by atoms with Gasteiger partial charge >= 0.3 is 0 Å². The van der Waals surface area contributed by atoms with Crippen molar-refractivity contribution in [3.05, 3.63) is 64.0 Å². The van der Waals surface area contributed by atoms with E-state index in [4.69, 9.17) is 14.2 Å². The van der Waals surface area contributed by atoms with Crippen molar-refractivity contribution in [1.29, 1.82) is 0 Å². The number of fused-ring (bicyclic) bond motifs is 1. The van der Waals surface area contributed by atoms with E-state index in [1.54, 1.807) is 12.3 Å². The number of aromatic nitrogens is 1. The summed E-state index contributed by atoms with van der Waals surface area (Å²) in [6.07, 6.45) is 2.82. The maximum atomic E-state index is 11.1. The molecule has 0 N–H and O–H groups in total. The highest BCUT2D eigenvalue weighted by atomic mass is 16.7. The molecule has 7 nitrogen and oxygen atoms in total. The van der Waals surface area contributed by atoms with Crippen LogP contribution >= 0.6 is 0 Å². The van der Waals surface area contributed by atoms with Gasteiger partial charge in [-0.3, -0.25) is 15.1 Å². The molecule has 1 aromatic heterocycles. The predicted octanol–water partition coefficient (Wildman–Crippen LogP) is 3.30. The topological polar surface area (TPSA) is 83.7 Å². The van der Waals surface area contributed by atoms with Crippen molar-refractivity contribution >= 4 is 17.3 Å². The van der Waals surface area contributed by atoms with Gasteiger partial charge in [0.25, 0.3) is 5.69 Å². The average Bonchev–Trinajstić information content (AvgIpc) is 2.62. The molecule has 0 radical (unpaired) electrons. The lowest BCUT2D eigenvalue weighted by atomic mass is 9.87. The lowest BCUT2D eigenvalue weighted by Gasteiger charge is -2.40. The zero-order valence-corrected chi connectivity index (χ0v) is 14.1. The van der Waals surface area contributed by atoms with Gasteiger partial charge in [0.05, 0.1) is 10.6 Å². The number of nitrogens with zero attached hydrogens (tertiary/aromatic N) is 2. The summed E-state index contributed by atoms with van der Waals surface area (Å²) in [4.78, 5) is 15.0. The average molecular weight is 342 g/mol. The molecule has 25 heavy (non-hydrogen) atoms. The number of rotatable bonds is 5. The summed E-state index contributed by atoms with van der Waals surface area (Å²) in [7, 11) is 3.06. The Kier molecular flexibility index (Phi) is 4.52. The van der Waals surface area contributed by atoms with Crippen LogP contribution in [0.1, 0.15) is 18.2 Å². The number of hydrogen-bond acceptors (Lipinski definition) is 6. The largest absolute Gasteiger partial charge is 0.477 e. The van der Waals surface area contributed by atoms with Gasteiger partial charge in [-0.2, -0.15) is 0 Å². The van der Waals surface area contributed by atoms with Gasteiger partial charge in [-0.1, -0.05) is 6.07 Å². The monoisotopic (exact) mass is 342 g/mol. The molecule has 2 heterocycles. The van der Waals surface area contributed by atoms with Crippen LogP contribution in [0, 0.1) is 10.1 Å². The number of nitro groups is 1. The number of methoxy groups -OCH3 is 2. The summed E-state index contributed by atoms with van der Waals surface area (Å²) in [5.41, 5.74) is 1.04. The summed E-state index contributed by atoms with van der Waals surface area (Å²) in [5.74, 6) is 0.520. The van der Waals surface area contributed by atoms with Crippen LogP contribution in [0.25, 0.3) is 11.6 Å². The van der Waals surface area contributed by atoms with E-state index < -0.39 is 16.8 Å². The maximum absolute atomic E-state index is 11.1. The first-order chi connectivity index (χ1) is 12.0. The molecule has 0 spiro atoms. The number of nitro benzene ring substituents is 1. The first-order valence-electron chi connectivity index (χ1n) is 7.66. The van der Waals surface area contributed by atoms with Crippen LogP contribution in [-0.4, -0.2) is 36.0 Å². The van der Waals surface area contributed by atoms with Crippen molar-refractivity contribution in [2.75, 3.05) is 14.2 Å². The highest BCUT2D eigenvalue weighted by Gasteiger charge is 2.45. The van der Waals surface area contributed by atoms with Crippen molar-refractivity contribution in [3.63, 3.8) is 0 Å². The Morgan fingerprint density at radius 2 is 2.00 bits per heavy atom. The van der Waals surface area contributed by atoms with E-state index in [1.165, 1.54) is 26.4 Å². The second kappa shape index (κ2) is 6.62. The minimum absolute atomic E-state index is 0.00222. The zero-order chi connectivity index (χ0) is 18.0. The molecule has 130 valence electrons. The molecule has 0 bridgehead atoms. The van der Waals surface area contributed by atoms with Gasteiger partial charge in [-0.25, -0.2) is 0 Å². The summed E-state index contributed by atoms with van der Waals surface area (Å²) in [6, 6.07) is 9.99. The number of ether oxygens (including phenoxy) is 3. The van der Waals surface area contributed by atoms with Crippen molar-refractivity contribution in [3.8, 4) is 5.75 Å². The third kappa shape index (κ3) is 2.99. The number of hydrogen-bond donors (Lipinski definition) is 0. The molecule has 0 aliphatic carbocycles. The van der Waals surface area contributed by atoms with E-state index in [-0.39, 0.29) is 5.69 Å². The molecule has 0 fully saturated rings. The molecule has 0 saturated heterocycles. The Hall–Kier alpha value is -2.77. The summed E-state index contributed by atoms with van der Waals surface area (Å²) >= 11 is 0. The Balaban J connectivity index is 2.19. The summed E-state index contributed by atoms with van der Waals surface area (Å²) < 4.78 is 17.1. The molecule has 2 aromatic rings. The lowest BCUT2D eigenvalue weighted by molar-refractivity contribution is -0.384. The molecule has 1 aromatic carbocycles. The Labute approximate surface area is 145 Å². The molecule has 0 amide bonds. The first-order valence-corrected chi connectivity index (χ1v) is 7.66. The molecule has 3 rings (SSSR count). The van der Waals surface area contributed by atoms with Gasteiger partial charge in [0, 0.05) is 43.7 Å². The van der Waals surface area contributed by atoms with Crippen LogP contribution in [0.4, 0.5) is 5.69 Å². The Morgan fingerprint density at radius 1 is 1.24 bits per heavy atom. The van der Waals surface area contributed by atoms with E-state index in [0.29, 0.717) is 17.0 Å². The van der Waals surface area contributed by atoms with Crippen LogP contribution in [-0.2, 0) is 9.47 Å². The molecule has 1 aliphatic heterocycles. The van der Waals surface area contributed by atoms with Crippen LogP contribution in [0.15, 0.2) is 42.6 Å². The van der Waals surface area contributed by atoms with E-state index in [9.17, 15) is 10.1 Å². The summed E-state index contributed by atoms with van der Waals surface area (Å²) in [6.45, 7) is 1.84. The van der Waals surface area contributed by atoms with Gasteiger partial charge in [-0.05, 0) is 31.2 Å². The second-order valence-electron chi connectivity index (χ2n) is 5.76. The SMILES string of the molecule is COC(OC)C1(C)Oc2ccc([N+](=O)[O-])cc2C=C1c1ccccn1. The fourth-order valence-corrected chi connectivity index (χ4v) is 3.01. The standard InChI is InChI=1S/C18H18N2O5/c1-18(17(23-2)24-3)14(15-6-4-5-9-19-15)11-12-10-13(20(21)22)7-8-16(12)25-18/h4-11,17H,1-3H3. The van der Waals surface area contributed by atoms with Crippen LogP contribution in [0.5, 0.6) is 5.75 Å². The van der Waals surface area contributed by atoms with Crippen molar-refractivity contribution in [2.24, 2.45) is 0 Å². The summed E-state index contributed by atoms with van der Waals surface area (Å²) in [5, 5.41) is 11.1. The molecule has 1 atom stereocenters. The molecular weight excluding hydrogens is 324 g/mol. The molecule has 1 aliphatic rings. The minimum atomic E-state index is -0.971. The van der Waals surface area contributed by atoms with E-state index in [2.05, 4.69) is 4.98 Å². The highest BCUT2D eigenvalue weighted by Crippen LogP contribution is 2.43. The fraction of sp³-hybridized carbons (Fsp3) is 0.278. The number of pyridine rings is 1. The van der Waals surface area contributed by atoms with Gasteiger partial charge in [-0.15, -0.1) is 0 Å². The van der Waals surface area contributed by atoms with Crippen molar-refractivity contribution in [1.82, 2.24) is 4.98 Å². The first kappa shape index (κ1) is 17.1.